The molecule has 3 aromatic carbocycles. The van der Waals surface area contributed by atoms with E-state index in [0.29, 0.717) is 23.7 Å². The second-order valence-corrected chi connectivity index (χ2v) is 7.72. The second kappa shape index (κ2) is 10.7. The molecule has 0 atom stereocenters. The molecule has 0 aromatic heterocycles. The number of nitrogens with zero attached hydrogens (tertiary/aromatic N) is 1. The molecule has 0 aliphatic heterocycles. The van der Waals surface area contributed by atoms with Crippen LogP contribution in [0.4, 0.5) is 5.69 Å². The van der Waals surface area contributed by atoms with Gasteiger partial charge in [0.2, 0.25) is 0 Å². The molecule has 0 unspecified atom stereocenters. The van der Waals surface area contributed by atoms with Gasteiger partial charge < -0.3 is 14.8 Å². The van der Waals surface area contributed by atoms with Crippen molar-refractivity contribution in [2.75, 3.05) is 12.4 Å². The van der Waals surface area contributed by atoms with Crippen LogP contribution in [0, 0.1) is 18.3 Å². The van der Waals surface area contributed by atoms with E-state index in [9.17, 15) is 10.1 Å². The molecule has 0 fully saturated rings. The van der Waals surface area contributed by atoms with Crippen molar-refractivity contribution in [3.63, 3.8) is 0 Å². The predicted molar refractivity (Wildman–Crippen MR) is 127 cm³/mol. The van der Waals surface area contributed by atoms with E-state index in [-0.39, 0.29) is 21.3 Å². The van der Waals surface area contributed by atoms with E-state index in [0.717, 1.165) is 5.56 Å². The Hall–Kier alpha value is -3.46. The monoisotopic (exact) mass is 466 g/mol. The fourth-order valence-corrected chi connectivity index (χ4v) is 3.34. The van der Waals surface area contributed by atoms with Crippen LogP contribution < -0.4 is 14.8 Å². The first kappa shape index (κ1) is 23.2. The van der Waals surface area contributed by atoms with Gasteiger partial charge in [0, 0.05) is 0 Å². The van der Waals surface area contributed by atoms with Crippen LogP contribution in [-0.4, -0.2) is 13.0 Å². The molecule has 3 rings (SSSR count). The minimum absolute atomic E-state index is 0.114. The summed E-state index contributed by atoms with van der Waals surface area (Å²) in [4.78, 5) is 12.6. The minimum atomic E-state index is -0.624. The minimum Gasteiger partial charge on any atom is -0.493 e. The number of hydrogen-bond acceptors (Lipinski definition) is 4. The third kappa shape index (κ3) is 5.82. The van der Waals surface area contributed by atoms with Crippen LogP contribution in [0.5, 0.6) is 11.5 Å². The van der Waals surface area contributed by atoms with Gasteiger partial charge in [-0.05, 0) is 48.4 Å². The summed E-state index contributed by atoms with van der Waals surface area (Å²) in [7, 11) is 1.53. The average Bonchev–Trinajstić information content (AvgIpc) is 2.79. The Morgan fingerprint density at radius 3 is 2.38 bits per heavy atom. The lowest BCUT2D eigenvalue weighted by atomic mass is 10.1. The SMILES string of the molecule is COc1cc(/C=C(\C#N)C(=O)Nc2c(Cl)cccc2Cl)ccc1OCc1ccc(C)cc1. The first-order valence-corrected chi connectivity index (χ1v) is 10.4. The van der Waals surface area contributed by atoms with Crippen LogP contribution >= 0.6 is 23.2 Å². The number of nitriles is 1. The van der Waals surface area contributed by atoms with Crippen molar-refractivity contribution in [3.05, 3.63) is 93.0 Å². The Labute approximate surface area is 196 Å². The molecule has 1 amide bonds. The van der Waals surface area contributed by atoms with Crippen LogP contribution in [0.25, 0.3) is 6.08 Å². The van der Waals surface area contributed by atoms with Crippen LogP contribution in [0.15, 0.2) is 66.2 Å². The fourth-order valence-electron chi connectivity index (χ4n) is 2.85. The summed E-state index contributed by atoms with van der Waals surface area (Å²) in [6.07, 6.45) is 1.45. The van der Waals surface area contributed by atoms with E-state index in [1.165, 1.54) is 18.7 Å². The van der Waals surface area contributed by atoms with Gasteiger partial charge in [-0.3, -0.25) is 4.79 Å². The first-order chi connectivity index (χ1) is 15.4. The number of halogens is 2. The molecule has 0 heterocycles. The molecule has 5 nitrogen and oxygen atoms in total. The van der Waals surface area contributed by atoms with E-state index >= 15 is 0 Å². The number of aryl methyl sites for hydroxylation is 1. The highest BCUT2D eigenvalue weighted by molar-refractivity contribution is 6.40. The molecule has 0 radical (unpaired) electrons. The third-order valence-electron chi connectivity index (χ3n) is 4.58. The highest BCUT2D eigenvalue weighted by atomic mass is 35.5. The maximum atomic E-state index is 12.6. The van der Waals surface area contributed by atoms with E-state index < -0.39 is 5.91 Å². The molecule has 1 N–H and O–H groups in total. The van der Waals surface area contributed by atoms with Crippen molar-refractivity contribution < 1.29 is 14.3 Å². The second-order valence-electron chi connectivity index (χ2n) is 6.91. The van der Waals surface area contributed by atoms with Gasteiger partial charge in [-0.2, -0.15) is 5.26 Å². The molecule has 0 spiro atoms. The van der Waals surface area contributed by atoms with Crippen molar-refractivity contribution in [1.29, 1.82) is 5.26 Å². The Kier molecular flexibility index (Phi) is 7.77. The number of benzene rings is 3. The first-order valence-electron chi connectivity index (χ1n) is 9.65. The normalized spacial score (nSPS) is 10.9. The number of nitrogens with one attached hydrogen (secondary N) is 1. The van der Waals surface area contributed by atoms with Crippen LogP contribution in [0.1, 0.15) is 16.7 Å². The number of carbonyl (C=O) groups is 1. The zero-order valence-electron chi connectivity index (χ0n) is 17.5. The number of rotatable bonds is 7. The van der Waals surface area contributed by atoms with Gasteiger partial charge in [0.15, 0.2) is 11.5 Å². The molecule has 0 aliphatic carbocycles. The number of para-hydroxylation sites is 1. The zero-order chi connectivity index (χ0) is 23.1. The third-order valence-corrected chi connectivity index (χ3v) is 5.21. The molecule has 0 aliphatic rings. The number of amides is 1. The summed E-state index contributed by atoms with van der Waals surface area (Å²) in [6.45, 7) is 2.41. The highest BCUT2D eigenvalue weighted by Gasteiger charge is 2.14. The molecule has 32 heavy (non-hydrogen) atoms. The summed E-state index contributed by atoms with van der Waals surface area (Å²) < 4.78 is 11.3. The molecule has 0 bridgehead atoms. The molecular weight excluding hydrogens is 447 g/mol. The van der Waals surface area contributed by atoms with Crippen LogP contribution in [0.3, 0.4) is 0 Å². The Morgan fingerprint density at radius 1 is 1.06 bits per heavy atom. The predicted octanol–water partition coefficient (Wildman–Crippen LogP) is 6.44. The van der Waals surface area contributed by atoms with Crippen molar-refractivity contribution in [1.82, 2.24) is 0 Å². The van der Waals surface area contributed by atoms with E-state index in [1.807, 2.05) is 37.3 Å². The van der Waals surface area contributed by atoms with Gasteiger partial charge in [-0.15, -0.1) is 0 Å². The van der Waals surface area contributed by atoms with Crippen molar-refractivity contribution in [2.24, 2.45) is 0 Å². The van der Waals surface area contributed by atoms with Crippen molar-refractivity contribution >= 4 is 40.9 Å². The molecular formula is C25H20Cl2N2O3. The van der Waals surface area contributed by atoms with E-state index in [1.54, 1.807) is 36.4 Å². The number of carbonyl (C=O) groups excluding carboxylic acids is 1. The smallest absolute Gasteiger partial charge is 0.266 e. The number of anilines is 1. The Balaban J connectivity index is 1.77. The molecule has 0 saturated carbocycles. The van der Waals surface area contributed by atoms with Gasteiger partial charge in [-0.1, -0.05) is 65.2 Å². The van der Waals surface area contributed by atoms with Gasteiger partial charge >= 0.3 is 0 Å². The van der Waals surface area contributed by atoms with Gasteiger partial charge in [0.25, 0.3) is 5.91 Å². The quantitative estimate of drug-likeness (QED) is 0.321. The molecule has 162 valence electrons. The fraction of sp³-hybridized carbons (Fsp3) is 0.120. The molecule has 3 aromatic rings. The summed E-state index contributed by atoms with van der Waals surface area (Å²) in [5.74, 6) is 0.412. The zero-order valence-corrected chi connectivity index (χ0v) is 19.0. The van der Waals surface area contributed by atoms with Crippen LogP contribution in [0.2, 0.25) is 10.0 Å². The van der Waals surface area contributed by atoms with Gasteiger partial charge in [0.05, 0.1) is 22.8 Å². The van der Waals surface area contributed by atoms with Gasteiger partial charge in [0.1, 0.15) is 18.2 Å². The van der Waals surface area contributed by atoms with Crippen molar-refractivity contribution in [2.45, 2.75) is 13.5 Å². The summed E-state index contributed by atoms with van der Waals surface area (Å²) in [6, 6.07) is 20.0. The van der Waals surface area contributed by atoms with Gasteiger partial charge in [-0.25, -0.2) is 0 Å². The van der Waals surface area contributed by atoms with Crippen LogP contribution in [-0.2, 0) is 11.4 Å². The lowest BCUT2D eigenvalue weighted by Crippen LogP contribution is -2.14. The number of methoxy groups -OCH3 is 1. The standard InChI is InChI=1S/C25H20Cl2N2O3/c1-16-6-8-17(9-7-16)15-32-22-11-10-18(13-23(22)31-2)12-19(14-28)25(30)29-24-20(26)4-3-5-21(24)27/h3-13H,15H2,1-2H3,(H,29,30)/b19-12+. The lowest BCUT2D eigenvalue weighted by molar-refractivity contribution is -0.112. The number of ether oxygens (including phenoxy) is 2. The van der Waals surface area contributed by atoms with E-state index in [4.69, 9.17) is 32.7 Å². The topological polar surface area (TPSA) is 71.3 Å². The molecule has 0 saturated heterocycles. The maximum Gasteiger partial charge on any atom is 0.266 e. The van der Waals surface area contributed by atoms with Crippen molar-refractivity contribution in [3.8, 4) is 17.6 Å². The summed E-state index contributed by atoms with van der Waals surface area (Å²) in [5, 5.41) is 12.6. The Bertz CT molecular complexity index is 1180. The number of hydrogen-bond donors (Lipinski definition) is 1. The largest absolute Gasteiger partial charge is 0.493 e. The summed E-state index contributed by atoms with van der Waals surface area (Å²) in [5.41, 5.74) is 2.94. The highest BCUT2D eigenvalue weighted by Crippen LogP contribution is 2.31. The maximum absolute atomic E-state index is 12.6. The van der Waals surface area contributed by atoms with E-state index in [2.05, 4.69) is 5.32 Å². The summed E-state index contributed by atoms with van der Waals surface area (Å²) >= 11 is 12.2. The lowest BCUT2D eigenvalue weighted by Gasteiger charge is -2.12. The molecule has 7 heteroatoms. The average molecular weight is 467 g/mol. The Morgan fingerprint density at radius 2 is 1.75 bits per heavy atom.